The van der Waals surface area contributed by atoms with Crippen molar-refractivity contribution in [3.63, 3.8) is 0 Å². The van der Waals surface area contributed by atoms with Gasteiger partial charge in [-0.25, -0.2) is 4.98 Å². The second-order valence-electron chi connectivity index (χ2n) is 5.81. The number of alkyl halides is 3. The molecule has 0 amide bonds. The molecule has 138 valence electrons. The van der Waals surface area contributed by atoms with Gasteiger partial charge in [0.1, 0.15) is 5.82 Å². The summed E-state index contributed by atoms with van der Waals surface area (Å²) < 4.78 is 37.8. The molecule has 1 aliphatic rings. The molecule has 1 aromatic carbocycles. The van der Waals surface area contributed by atoms with Crippen molar-refractivity contribution in [3.8, 4) is 0 Å². The third-order valence-corrected chi connectivity index (χ3v) is 4.67. The quantitative estimate of drug-likeness (QED) is 0.761. The van der Waals surface area contributed by atoms with Crippen LogP contribution in [0.4, 0.5) is 24.7 Å². The van der Waals surface area contributed by atoms with Gasteiger partial charge in [0.05, 0.1) is 5.56 Å². The number of hydrogen-bond donors (Lipinski definition) is 1. The molecule has 0 radical (unpaired) electrons. The van der Waals surface area contributed by atoms with Crippen molar-refractivity contribution in [2.75, 3.05) is 36.4 Å². The van der Waals surface area contributed by atoms with Crippen molar-refractivity contribution >= 4 is 40.4 Å². The van der Waals surface area contributed by atoms with Gasteiger partial charge in [0.15, 0.2) is 5.11 Å². The SMILES string of the molecule is FC(F)(F)c1ccc(N2CCN(C(=S)Nc3ccc(Cl)cc3)CC2)nc1. The molecule has 9 heteroatoms. The maximum atomic E-state index is 12.6. The Morgan fingerprint density at radius 3 is 2.23 bits per heavy atom. The largest absolute Gasteiger partial charge is 0.417 e. The number of benzene rings is 1. The maximum absolute atomic E-state index is 12.6. The molecule has 0 spiro atoms. The summed E-state index contributed by atoms with van der Waals surface area (Å²) >= 11 is 11.3. The molecule has 26 heavy (non-hydrogen) atoms. The summed E-state index contributed by atoms with van der Waals surface area (Å²) in [7, 11) is 0. The van der Waals surface area contributed by atoms with Gasteiger partial charge in [0.25, 0.3) is 0 Å². The lowest BCUT2D eigenvalue weighted by molar-refractivity contribution is -0.137. The molecule has 3 rings (SSSR count). The minimum absolute atomic E-state index is 0.536. The average Bonchev–Trinajstić information content (AvgIpc) is 2.63. The molecular formula is C17H16ClF3N4S. The molecule has 1 aromatic heterocycles. The first-order valence-corrected chi connectivity index (χ1v) is 8.71. The lowest BCUT2D eigenvalue weighted by Gasteiger charge is -2.36. The van der Waals surface area contributed by atoms with Gasteiger partial charge in [0.2, 0.25) is 0 Å². The van der Waals surface area contributed by atoms with E-state index < -0.39 is 11.7 Å². The second kappa shape index (κ2) is 7.67. The summed E-state index contributed by atoms with van der Waals surface area (Å²) in [6, 6.07) is 9.71. The summed E-state index contributed by atoms with van der Waals surface area (Å²) in [5.41, 5.74) is 0.111. The molecule has 0 atom stereocenters. The lowest BCUT2D eigenvalue weighted by atomic mass is 10.2. The zero-order valence-electron chi connectivity index (χ0n) is 13.6. The Labute approximate surface area is 159 Å². The normalized spacial score (nSPS) is 15.1. The number of nitrogens with zero attached hydrogens (tertiary/aromatic N) is 3. The van der Waals surface area contributed by atoms with Crippen LogP contribution in [-0.2, 0) is 6.18 Å². The van der Waals surface area contributed by atoms with Crippen molar-refractivity contribution in [2.45, 2.75) is 6.18 Å². The molecule has 1 N–H and O–H groups in total. The Hall–Kier alpha value is -2.06. The number of piperazine rings is 1. The number of thiocarbonyl (C=S) groups is 1. The molecule has 0 aliphatic carbocycles. The zero-order valence-corrected chi connectivity index (χ0v) is 15.2. The highest BCUT2D eigenvalue weighted by Crippen LogP contribution is 2.29. The van der Waals surface area contributed by atoms with Gasteiger partial charge in [-0.2, -0.15) is 13.2 Å². The Morgan fingerprint density at radius 2 is 1.69 bits per heavy atom. The third-order valence-electron chi connectivity index (χ3n) is 4.06. The number of pyridine rings is 1. The van der Waals surface area contributed by atoms with E-state index in [-0.39, 0.29) is 0 Å². The average molecular weight is 401 g/mol. The fourth-order valence-electron chi connectivity index (χ4n) is 2.62. The van der Waals surface area contributed by atoms with Gasteiger partial charge in [0, 0.05) is 43.1 Å². The van der Waals surface area contributed by atoms with Gasteiger partial charge >= 0.3 is 6.18 Å². The molecule has 1 fully saturated rings. The molecule has 1 saturated heterocycles. The fraction of sp³-hybridized carbons (Fsp3) is 0.294. The van der Waals surface area contributed by atoms with E-state index in [0.29, 0.717) is 42.1 Å². The Morgan fingerprint density at radius 1 is 1.04 bits per heavy atom. The van der Waals surface area contributed by atoms with Gasteiger partial charge in [-0.3, -0.25) is 0 Å². The van der Waals surface area contributed by atoms with Crippen molar-refractivity contribution in [1.29, 1.82) is 0 Å². The summed E-state index contributed by atoms with van der Waals surface area (Å²) in [5.74, 6) is 0.536. The molecule has 0 saturated carbocycles. The predicted octanol–water partition coefficient (Wildman–Crippen LogP) is 4.27. The van der Waals surface area contributed by atoms with E-state index in [1.165, 1.54) is 6.07 Å². The Balaban J connectivity index is 1.55. The number of aromatic nitrogens is 1. The Bertz CT molecular complexity index is 757. The van der Waals surface area contributed by atoms with Crippen LogP contribution in [0.15, 0.2) is 42.6 Å². The number of halogens is 4. The van der Waals surface area contributed by atoms with Crippen LogP contribution < -0.4 is 10.2 Å². The van der Waals surface area contributed by atoms with E-state index in [0.717, 1.165) is 18.0 Å². The third kappa shape index (κ3) is 4.56. The number of hydrogen-bond acceptors (Lipinski definition) is 3. The number of anilines is 2. The van der Waals surface area contributed by atoms with Crippen molar-refractivity contribution in [2.24, 2.45) is 0 Å². The lowest BCUT2D eigenvalue weighted by Crippen LogP contribution is -2.50. The van der Waals surface area contributed by atoms with Gasteiger partial charge in [-0.1, -0.05) is 11.6 Å². The van der Waals surface area contributed by atoms with Crippen molar-refractivity contribution < 1.29 is 13.2 Å². The zero-order chi connectivity index (χ0) is 18.7. The highest BCUT2D eigenvalue weighted by Gasteiger charge is 2.31. The summed E-state index contributed by atoms with van der Waals surface area (Å²) in [5, 5.41) is 4.41. The van der Waals surface area contributed by atoms with E-state index in [2.05, 4.69) is 10.3 Å². The molecule has 1 aliphatic heterocycles. The van der Waals surface area contributed by atoms with Crippen LogP contribution in [0.2, 0.25) is 5.02 Å². The molecule has 0 bridgehead atoms. The first-order valence-electron chi connectivity index (χ1n) is 7.92. The van der Waals surface area contributed by atoms with Gasteiger partial charge < -0.3 is 15.1 Å². The molecule has 4 nitrogen and oxygen atoms in total. The van der Waals surface area contributed by atoms with Crippen LogP contribution in [0.25, 0.3) is 0 Å². The first-order chi connectivity index (χ1) is 12.3. The Kier molecular flexibility index (Phi) is 5.52. The van der Waals surface area contributed by atoms with E-state index in [4.69, 9.17) is 23.8 Å². The first kappa shape index (κ1) is 18.7. The topological polar surface area (TPSA) is 31.4 Å². The highest BCUT2D eigenvalue weighted by molar-refractivity contribution is 7.80. The summed E-state index contributed by atoms with van der Waals surface area (Å²) in [6.45, 7) is 2.56. The minimum atomic E-state index is -4.37. The van der Waals surface area contributed by atoms with E-state index in [1.54, 1.807) is 12.1 Å². The van der Waals surface area contributed by atoms with E-state index >= 15 is 0 Å². The smallest absolute Gasteiger partial charge is 0.353 e. The van der Waals surface area contributed by atoms with Crippen LogP contribution in [0.3, 0.4) is 0 Å². The number of nitrogens with one attached hydrogen (secondary N) is 1. The van der Waals surface area contributed by atoms with E-state index in [1.807, 2.05) is 21.9 Å². The van der Waals surface area contributed by atoms with Crippen LogP contribution in [-0.4, -0.2) is 41.2 Å². The van der Waals surface area contributed by atoms with Gasteiger partial charge in [-0.05, 0) is 48.6 Å². The van der Waals surface area contributed by atoms with Crippen molar-refractivity contribution in [1.82, 2.24) is 9.88 Å². The summed E-state index contributed by atoms with van der Waals surface area (Å²) in [4.78, 5) is 7.91. The van der Waals surface area contributed by atoms with Crippen LogP contribution in [0.5, 0.6) is 0 Å². The van der Waals surface area contributed by atoms with Crippen LogP contribution >= 0.6 is 23.8 Å². The van der Waals surface area contributed by atoms with Gasteiger partial charge in [-0.15, -0.1) is 0 Å². The maximum Gasteiger partial charge on any atom is 0.417 e. The fourth-order valence-corrected chi connectivity index (χ4v) is 3.04. The highest BCUT2D eigenvalue weighted by atomic mass is 35.5. The van der Waals surface area contributed by atoms with Crippen LogP contribution in [0, 0.1) is 0 Å². The predicted molar refractivity (Wildman–Crippen MR) is 101 cm³/mol. The molecular weight excluding hydrogens is 385 g/mol. The molecule has 2 aromatic rings. The summed E-state index contributed by atoms with van der Waals surface area (Å²) in [6.07, 6.45) is -3.50. The molecule has 2 heterocycles. The molecule has 0 unspecified atom stereocenters. The van der Waals surface area contributed by atoms with E-state index in [9.17, 15) is 13.2 Å². The monoisotopic (exact) mass is 400 g/mol. The second-order valence-corrected chi connectivity index (χ2v) is 6.64. The van der Waals surface area contributed by atoms with Crippen molar-refractivity contribution in [3.05, 3.63) is 53.2 Å². The minimum Gasteiger partial charge on any atom is -0.353 e. The standard InChI is InChI=1S/C17H16ClF3N4S/c18-13-2-4-14(5-3-13)23-16(26)25-9-7-24(8-10-25)15-6-1-12(11-22-15)17(19,20)21/h1-6,11H,7-10H2,(H,23,26). The van der Waals surface area contributed by atoms with Crippen LogP contribution in [0.1, 0.15) is 5.56 Å². The number of rotatable bonds is 2.